The van der Waals surface area contributed by atoms with Gasteiger partial charge in [-0.05, 0) is 0 Å². The maximum absolute atomic E-state index is 10.9. The number of ether oxygens (including phenoxy) is 1. The first-order chi connectivity index (χ1) is 8.51. The second-order valence-electron chi connectivity index (χ2n) is 3.73. The van der Waals surface area contributed by atoms with Gasteiger partial charge in [-0.2, -0.15) is 0 Å². The van der Waals surface area contributed by atoms with Crippen molar-refractivity contribution >= 4 is 15.9 Å². The number of aromatic nitrogens is 2. The molecule has 0 spiro atoms. The molecular formula is C9H18N4O4S. The zero-order valence-electron chi connectivity index (χ0n) is 10.5. The Morgan fingerprint density at radius 2 is 2.11 bits per heavy atom. The standard InChI is InChI=1S/C9H18N4O4S/c1-16-5-3-10-7-8-12-13-9(17-8)11-4-6-18(2,14)15/h10H,3-7H2,1-2H3,(H,11,13). The van der Waals surface area contributed by atoms with E-state index in [0.29, 0.717) is 25.6 Å². The van der Waals surface area contributed by atoms with Gasteiger partial charge in [0.25, 0.3) is 0 Å². The van der Waals surface area contributed by atoms with Crippen LogP contribution in [0.5, 0.6) is 0 Å². The van der Waals surface area contributed by atoms with Gasteiger partial charge in [0.1, 0.15) is 9.84 Å². The Morgan fingerprint density at radius 3 is 2.78 bits per heavy atom. The lowest BCUT2D eigenvalue weighted by molar-refractivity contribution is 0.198. The molecule has 0 unspecified atom stereocenters. The molecule has 18 heavy (non-hydrogen) atoms. The molecule has 0 aliphatic rings. The summed E-state index contributed by atoms with van der Waals surface area (Å²) in [6.07, 6.45) is 1.17. The third kappa shape index (κ3) is 6.52. The molecule has 1 aromatic rings. The van der Waals surface area contributed by atoms with Crippen LogP contribution in [0.2, 0.25) is 0 Å². The number of sulfone groups is 1. The molecule has 2 N–H and O–H groups in total. The Morgan fingerprint density at radius 1 is 1.33 bits per heavy atom. The second kappa shape index (κ2) is 7.29. The molecule has 0 radical (unpaired) electrons. The van der Waals surface area contributed by atoms with Crippen molar-refractivity contribution in [2.45, 2.75) is 6.54 Å². The number of hydrogen-bond donors (Lipinski definition) is 2. The number of anilines is 1. The minimum absolute atomic E-state index is 0.0246. The van der Waals surface area contributed by atoms with E-state index in [4.69, 9.17) is 9.15 Å². The van der Waals surface area contributed by atoms with Gasteiger partial charge in [-0.1, -0.05) is 5.10 Å². The van der Waals surface area contributed by atoms with Gasteiger partial charge < -0.3 is 19.8 Å². The minimum atomic E-state index is -2.99. The summed E-state index contributed by atoms with van der Waals surface area (Å²) in [4.78, 5) is 0. The predicted molar refractivity (Wildman–Crippen MR) is 66.1 cm³/mol. The molecule has 1 rings (SSSR count). The summed E-state index contributed by atoms with van der Waals surface area (Å²) >= 11 is 0. The van der Waals surface area contributed by atoms with Crippen molar-refractivity contribution in [1.29, 1.82) is 0 Å². The van der Waals surface area contributed by atoms with Crippen LogP contribution in [0.3, 0.4) is 0 Å². The maximum Gasteiger partial charge on any atom is 0.315 e. The molecule has 0 bridgehead atoms. The van der Waals surface area contributed by atoms with E-state index in [-0.39, 0.29) is 18.3 Å². The van der Waals surface area contributed by atoms with Crippen molar-refractivity contribution in [3.05, 3.63) is 5.89 Å². The van der Waals surface area contributed by atoms with E-state index in [1.165, 1.54) is 6.26 Å². The van der Waals surface area contributed by atoms with Crippen molar-refractivity contribution in [2.24, 2.45) is 0 Å². The number of hydrogen-bond acceptors (Lipinski definition) is 8. The van der Waals surface area contributed by atoms with E-state index in [0.717, 1.165) is 0 Å². The molecule has 0 aromatic carbocycles. The molecule has 1 heterocycles. The van der Waals surface area contributed by atoms with Crippen LogP contribution in [0.1, 0.15) is 5.89 Å². The van der Waals surface area contributed by atoms with Gasteiger partial charge in [-0.3, -0.25) is 0 Å². The van der Waals surface area contributed by atoms with Gasteiger partial charge in [-0.25, -0.2) is 8.42 Å². The zero-order chi connectivity index (χ0) is 13.4. The molecule has 1 aromatic heterocycles. The van der Waals surface area contributed by atoms with E-state index >= 15 is 0 Å². The van der Waals surface area contributed by atoms with E-state index in [9.17, 15) is 8.42 Å². The SMILES string of the molecule is COCCNCc1nnc(NCCS(C)(=O)=O)o1. The summed E-state index contributed by atoms with van der Waals surface area (Å²) in [6.45, 7) is 1.99. The first kappa shape index (κ1) is 14.9. The van der Waals surface area contributed by atoms with Gasteiger partial charge in [0.05, 0.1) is 18.9 Å². The predicted octanol–water partition coefficient (Wildman–Crippen LogP) is -0.738. The summed E-state index contributed by atoms with van der Waals surface area (Å²) in [7, 11) is -1.36. The fraction of sp³-hybridized carbons (Fsp3) is 0.778. The molecule has 0 saturated heterocycles. The Labute approximate surface area is 106 Å². The zero-order valence-corrected chi connectivity index (χ0v) is 11.3. The molecule has 104 valence electrons. The largest absolute Gasteiger partial charge is 0.407 e. The second-order valence-corrected chi connectivity index (χ2v) is 5.99. The fourth-order valence-corrected chi connectivity index (χ4v) is 1.58. The third-order valence-electron chi connectivity index (χ3n) is 1.98. The summed E-state index contributed by atoms with van der Waals surface area (Å²) in [6, 6.07) is 0.224. The highest BCUT2D eigenvalue weighted by atomic mass is 32.2. The van der Waals surface area contributed by atoms with Crippen molar-refractivity contribution in [3.63, 3.8) is 0 Å². The van der Waals surface area contributed by atoms with Gasteiger partial charge in [0, 0.05) is 26.5 Å². The molecule has 0 amide bonds. The van der Waals surface area contributed by atoms with E-state index in [1.54, 1.807) is 7.11 Å². The van der Waals surface area contributed by atoms with Gasteiger partial charge in [0.2, 0.25) is 5.89 Å². The number of nitrogens with zero attached hydrogens (tertiary/aromatic N) is 2. The smallest absolute Gasteiger partial charge is 0.315 e. The average molecular weight is 278 g/mol. The number of nitrogens with one attached hydrogen (secondary N) is 2. The van der Waals surface area contributed by atoms with E-state index in [2.05, 4.69) is 20.8 Å². The monoisotopic (exact) mass is 278 g/mol. The molecule has 8 nitrogen and oxygen atoms in total. The van der Waals surface area contributed by atoms with Crippen LogP contribution < -0.4 is 10.6 Å². The Balaban J connectivity index is 2.26. The highest BCUT2D eigenvalue weighted by Crippen LogP contribution is 2.04. The first-order valence-corrected chi connectivity index (χ1v) is 7.51. The van der Waals surface area contributed by atoms with Crippen LogP contribution >= 0.6 is 0 Å². The molecule has 0 aliphatic heterocycles. The Hall–Kier alpha value is -1.19. The normalized spacial score (nSPS) is 11.7. The van der Waals surface area contributed by atoms with Crippen LogP contribution in [-0.2, 0) is 21.1 Å². The fourth-order valence-electron chi connectivity index (χ4n) is 1.11. The molecule has 9 heteroatoms. The van der Waals surface area contributed by atoms with Crippen LogP contribution in [0.25, 0.3) is 0 Å². The van der Waals surface area contributed by atoms with Crippen LogP contribution in [0.15, 0.2) is 4.42 Å². The van der Waals surface area contributed by atoms with E-state index in [1.807, 2.05) is 0 Å². The highest BCUT2D eigenvalue weighted by molar-refractivity contribution is 7.90. The summed E-state index contributed by atoms with van der Waals surface area (Å²) in [5.41, 5.74) is 0. The van der Waals surface area contributed by atoms with Crippen LogP contribution in [-0.4, -0.2) is 57.4 Å². The van der Waals surface area contributed by atoms with Crippen molar-refractivity contribution in [1.82, 2.24) is 15.5 Å². The molecule has 0 atom stereocenters. The van der Waals surface area contributed by atoms with Gasteiger partial charge in [-0.15, -0.1) is 5.10 Å². The van der Waals surface area contributed by atoms with Crippen molar-refractivity contribution < 1.29 is 17.6 Å². The number of rotatable bonds is 9. The molecule has 0 fully saturated rings. The number of methoxy groups -OCH3 is 1. The maximum atomic E-state index is 10.9. The molecular weight excluding hydrogens is 260 g/mol. The topological polar surface area (TPSA) is 106 Å². The van der Waals surface area contributed by atoms with Gasteiger partial charge >= 0.3 is 6.01 Å². The first-order valence-electron chi connectivity index (χ1n) is 5.45. The Bertz CT molecular complexity index is 445. The quantitative estimate of drug-likeness (QED) is 0.569. The van der Waals surface area contributed by atoms with Crippen LogP contribution in [0.4, 0.5) is 6.01 Å². The summed E-state index contributed by atoms with van der Waals surface area (Å²) in [5, 5.41) is 13.3. The minimum Gasteiger partial charge on any atom is -0.407 e. The van der Waals surface area contributed by atoms with E-state index < -0.39 is 9.84 Å². The highest BCUT2D eigenvalue weighted by Gasteiger charge is 2.06. The Kier molecular flexibility index (Phi) is 6.02. The molecule has 0 aliphatic carbocycles. The lowest BCUT2D eigenvalue weighted by Gasteiger charge is -2.00. The molecule has 0 saturated carbocycles. The third-order valence-corrected chi connectivity index (χ3v) is 2.92. The summed E-state index contributed by atoms with van der Waals surface area (Å²) in [5.74, 6) is 0.463. The van der Waals surface area contributed by atoms with Crippen LogP contribution in [0, 0.1) is 0 Å². The lowest BCUT2D eigenvalue weighted by Crippen LogP contribution is -2.18. The van der Waals surface area contributed by atoms with Crippen molar-refractivity contribution in [3.8, 4) is 0 Å². The lowest BCUT2D eigenvalue weighted by atomic mass is 10.6. The van der Waals surface area contributed by atoms with Gasteiger partial charge in [0.15, 0.2) is 0 Å². The summed E-state index contributed by atoms with van der Waals surface area (Å²) < 4.78 is 31.9. The average Bonchev–Trinajstić information content (AvgIpc) is 2.71. The van der Waals surface area contributed by atoms with Crippen molar-refractivity contribution in [2.75, 3.05) is 44.1 Å².